The largest absolute Gasteiger partial charge is 0.494 e. The Hall–Kier alpha value is -3.81. The van der Waals surface area contributed by atoms with Gasteiger partial charge in [-0.15, -0.1) is 0 Å². The van der Waals surface area contributed by atoms with Crippen molar-refractivity contribution in [1.29, 1.82) is 0 Å². The van der Waals surface area contributed by atoms with E-state index in [4.69, 9.17) is 10.5 Å². The number of carbonyl (C=O) groups excluding carboxylic acids is 1. The molecule has 0 radical (unpaired) electrons. The number of nitrogen functional groups attached to an aromatic ring is 1. The lowest BCUT2D eigenvalue weighted by molar-refractivity contribution is -0.118. The van der Waals surface area contributed by atoms with E-state index in [1.54, 1.807) is 0 Å². The second-order valence-electron chi connectivity index (χ2n) is 6.78. The number of amides is 1. The minimum atomic E-state index is -0.696. The Labute approximate surface area is 173 Å². The van der Waals surface area contributed by atoms with Crippen LogP contribution in [0.2, 0.25) is 0 Å². The van der Waals surface area contributed by atoms with Crippen LogP contribution in [0.4, 0.5) is 11.5 Å². The molecule has 3 rings (SSSR count). The standard InChI is InChI=1S/C22H24N4O4/c1-25(18(27)13-8-14-30-17-11-6-3-7-12-17)19-20(23)26(22(29)24-21(19)28)15-16-9-4-2-5-10-16/h2-7,9-12H,8,13-15,23H2,1H3,(H,24,28,29). The van der Waals surface area contributed by atoms with Crippen molar-refractivity contribution in [2.24, 2.45) is 0 Å². The molecule has 3 N–H and O–H groups in total. The van der Waals surface area contributed by atoms with Gasteiger partial charge in [-0.1, -0.05) is 48.5 Å². The highest BCUT2D eigenvalue weighted by Crippen LogP contribution is 2.17. The predicted octanol–water partition coefficient (Wildman–Crippen LogP) is 1.99. The summed E-state index contributed by atoms with van der Waals surface area (Å²) >= 11 is 0. The number of nitrogens with one attached hydrogen (secondary N) is 1. The zero-order chi connectivity index (χ0) is 21.5. The third-order valence-electron chi connectivity index (χ3n) is 4.65. The van der Waals surface area contributed by atoms with Gasteiger partial charge in [0.2, 0.25) is 5.91 Å². The number of hydrogen-bond donors (Lipinski definition) is 2. The second-order valence-corrected chi connectivity index (χ2v) is 6.78. The van der Waals surface area contributed by atoms with E-state index >= 15 is 0 Å². The first-order valence-corrected chi connectivity index (χ1v) is 9.58. The van der Waals surface area contributed by atoms with Gasteiger partial charge in [0, 0.05) is 13.5 Å². The van der Waals surface area contributed by atoms with Crippen molar-refractivity contribution in [2.75, 3.05) is 24.3 Å². The Morgan fingerprint density at radius 2 is 1.70 bits per heavy atom. The summed E-state index contributed by atoms with van der Waals surface area (Å²) in [6.45, 7) is 0.547. The average Bonchev–Trinajstić information content (AvgIpc) is 2.75. The first kappa shape index (κ1) is 20.9. The van der Waals surface area contributed by atoms with Gasteiger partial charge in [-0.05, 0) is 24.1 Å². The zero-order valence-electron chi connectivity index (χ0n) is 16.7. The molecule has 0 bridgehead atoms. The minimum absolute atomic E-state index is 0.0421. The van der Waals surface area contributed by atoms with E-state index in [0.717, 1.165) is 11.3 Å². The number of carbonyl (C=O) groups is 1. The number of hydrogen-bond acceptors (Lipinski definition) is 5. The minimum Gasteiger partial charge on any atom is -0.494 e. The Kier molecular flexibility index (Phi) is 6.69. The third kappa shape index (κ3) is 4.96. The van der Waals surface area contributed by atoms with Crippen molar-refractivity contribution in [3.8, 4) is 5.75 Å². The highest BCUT2D eigenvalue weighted by Gasteiger charge is 2.20. The van der Waals surface area contributed by atoms with E-state index in [9.17, 15) is 14.4 Å². The van der Waals surface area contributed by atoms with Gasteiger partial charge >= 0.3 is 5.69 Å². The monoisotopic (exact) mass is 408 g/mol. The lowest BCUT2D eigenvalue weighted by Gasteiger charge is -2.20. The van der Waals surface area contributed by atoms with Gasteiger partial charge in [-0.3, -0.25) is 19.1 Å². The Bertz CT molecular complexity index is 1110. The molecule has 8 heteroatoms. The first-order valence-electron chi connectivity index (χ1n) is 9.58. The number of benzene rings is 2. The maximum absolute atomic E-state index is 12.6. The van der Waals surface area contributed by atoms with Crippen LogP contribution in [0.15, 0.2) is 70.3 Å². The van der Waals surface area contributed by atoms with Crippen molar-refractivity contribution in [3.05, 3.63) is 87.1 Å². The first-order chi connectivity index (χ1) is 14.5. The number of aromatic nitrogens is 2. The molecule has 0 aliphatic rings. The second kappa shape index (κ2) is 9.60. The van der Waals surface area contributed by atoms with Crippen LogP contribution >= 0.6 is 0 Å². The van der Waals surface area contributed by atoms with Gasteiger partial charge in [0.25, 0.3) is 5.56 Å². The van der Waals surface area contributed by atoms with Gasteiger partial charge in [-0.2, -0.15) is 0 Å². The summed E-state index contributed by atoms with van der Waals surface area (Å²) in [6, 6.07) is 18.5. The Balaban J connectivity index is 1.70. The van der Waals surface area contributed by atoms with Gasteiger partial charge in [-0.25, -0.2) is 4.79 Å². The molecule has 0 fully saturated rings. The van der Waals surface area contributed by atoms with Crippen molar-refractivity contribution < 1.29 is 9.53 Å². The summed E-state index contributed by atoms with van der Waals surface area (Å²) in [5.41, 5.74) is 5.61. The van der Waals surface area contributed by atoms with Gasteiger partial charge in [0.05, 0.1) is 13.2 Å². The van der Waals surface area contributed by atoms with Crippen LogP contribution in [-0.4, -0.2) is 29.1 Å². The fourth-order valence-electron chi connectivity index (χ4n) is 3.05. The number of ether oxygens (including phenoxy) is 1. The molecule has 1 amide bonds. The van der Waals surface area contributed by atoms with Crippen LogP contribution in [0.5, 0.6) is 5.75 Å². The van der Waals surface area contributed by atoms with Crippen LogP contribution in [0, 0.1) is 0 Å². The van der Waals surface area contributed by atoms with Gasteiger partial charge in [0.15, 0.2) is 5.69 Å². The third-order valence-corrected chi connectivity index (χ3v) is 4.65. The van der Waals surface area contributed by atoms with Crippen LogP contribution in [0.3, 0.4) is 0 Å². The van der Waals surface area contributed by atoms with E-state index in [2.05, 4.69) is 4.98 Å². The van der Waals surface area contributed by atoms with E-state index in [1.165, 1.54) is 16.5 Å². The fraction of sp³-hybridized carbons (Fsp3) is 0.227. The molecule has 1 aromatic heterocycles. The number of nitrogens with zero attached hydrogens (tertiary/aromatic N) is 2. The fourth-order valence-corrected chi connectivity index (χ4v) is 3.05. The smallest absolute Gasteiger partial charge is 0.330 e. The Morgan fingerprint density at radius 3 is 2.37 bits per heavy atom. The molecule has 156 valence electrons. The molecule has 0 aliphatic heterocycles. The molecule has 2 aromatic carbocycles. The lowest BCUT2D eigenvalue weighted by atomic mass is 10.2. The molecule has 0 atom stereocenters. The molecule has 0 spiro atoms. The maximum atomic E-state index is 12.6. The molecule has 8 nitrogen and oxygen atoms in total. The molecule has 0 saturated heterocycles. The molecular formula is C22H24N4O4. The summed E-state index contributed by atoms with van der Waals surface area (Å²) in [7, 11) is 1.47. The SMILES string of the molecule is CN(C(=O)CCCOc1ccccc1)c1c(N)n(Cc2ccccc2)c(=O)[nH]c1=O. The van der Waals surface area contributed by atoms with Crippen molar-refractivity contribution in [2.45, 2.75) is 19.4 Å². The highest BCUT2D eigenvalue weighted by molar-refractivity contribution is 5.94. The van der Waals surface area contributed by atoms with Gasteiger partial charge < -0.3 is 15.4 Å². The molecule has 30 heavy (non-hydrogen) atoms. The number of para-hydroxylation sites is 1. The summed E-state index contributed by atoms with van der Waals surface area (Å²) in [5.74, 6) is 0.379. The van der Waals surface area contributed by atoms with Crippen LogP contribution in [0.1, 0.15) is 18.4 Å². The maximum Gasteiger partial charge on any atom is 0.330 e. The van der Waals surface area contributed by atoms with Crippen molar-refractivity contribution in [1.82, 2.24) is 9.55 Å². The van der Waals surface area contributed by atoms with E-state index in [0.29, 0.717) is 13.0 Å². The number of rotatable bonds is 8. The number of nitrogens with two attached hydrogens (primary N) is 1. The van der Waals surface area contributed by atoms with E-state index < -0.39 is 11.2 Å². The molecule has 0 saturated carbocycles. The van der Waals surface area contributed by atoms with E-state index in [-0.39, 0.29) is 30.4 Å². The van der Waals surface area contributed by atoms with Crippen LogP contribution < -0.4 is 26.6 Å². The quantitative estimate of drug-likeness (QED) is 0.554. The predicted molar refractivity (Wildman–Crippen MR) is 116 cm³/mol. The van der Waals surface area contributed by atoms with Crippen molar-refractivity contribution in [3.63, 3.8) is 0 Å². The van der Waals surface area contributed by atoms with Crippen molar-refractivity contribution >= 4 is 17.4 Å². The number of anilines is 2. The van der Waals surface area contributed by atoms with E-state index in [1.807, 2.05) is 60.7 Å². The molecule has 3 aromatic rings. The van der Waals surface area contributed by atoms with Crippen LogP contribution in [0.25, 0.3) is 0 Å². The normalized spacial score (nSPS) is 10.6. The zero-order valence-corrected chi connectivity index (χ0v) is 16.7. The highest BCUT2D eigenvalue weighted by atomic mass is 16.5. The summed E-state index contributed by atoms with van der Waals surface area (Å²) in [6.07, 6.45) is 0.638. The summed E-state index contributed by atoms with van der Waals surface area (Å²) < 4.78 is 6.83. The summed E-state index contributed by atoms with van der Waals surface area (Å²) in [4.78, 5) is 40.6. The molecule has 1 heterocycles. The lowest BCUT2D eigenvalue weighted by Crippen LogP contribution is -2.39. The molecule has 0 unspecified atom stereocenters. The molecule has 0 aliphatic carbocycles. The topological polar surface area (TPSA) is 110 Å². The molecular weight excluding hydrogens is 384 g/mol. The van der Waals surface area contributed by atoms with Gasteiger partial charge in [0.1, 0.15) is 11.6 Å². The Morgan fingerprint density at radius 1 is 1.07 bits per heavy atom. The number of aromatic amines is 1. The van der Waals surface area contributed by atoms with Crippen LogP contribution in [-0.2, 0) is 11.3 Å². The summed E-state index contributed by atoms with van der Waals surface area (Å²) in [5, 5.41) is 0. The average molecular weight is 408 g/mol. The number of H-pyrrole nitrogens is 1.